The second-order valence-electron chi connectivity index (χ2n) is 18.1. The lowest BCUT2D eigenvalue weighted by molar-refractivity contribution is 0.847. The van der Waals surface area contributed by atoms with Crippen LogP contribution in [0.5, 0.6) is 0 Å². The first-order valence-electron chi connectivity index (χ1n) is 27.0. The van der Waals surface area contributed by atoms with Crippen LogP contribution in [0, 0.1) is 0 Å². The van der Waals surface area contributed by atoms with Crippen molar-refractivity contribution < 1.29 is 0 Å². The molecule has 0 fully saturated rings. The van der Waals surface area contributed by atoms with Crippen LogP contribution in [0.4, 0.5) is 0 Å². The largest absolute Gasteiger partial charge is 0.107 e. The second kappa shape index (κ2) is 35.4. The maximum atomic E-state index is 2.37. The van der Waals surface area contributed by atoms with E-state index in [1.807, 2.05) is 0 Å². The third kappa shape index (κ3) is 20.0. The molecule has 0 N–H and O–H groups in total. The molecule has 5 heteroatoms. The lowest BCUT2D eigenvalue weighted by Gasteiger charge is -2.35. The quantitative estimate of drug-likeness (QED) is 0.0629. The lowest BCUT2D eigenvalue weighted by Crippen LogP contribution is -2.27. The SMILES string of the molecule is CCC(P(c1ccccc1)c1ccccc1)P(c1ccccc1)c1ccccc1.CCCCP(CCCC)CCCC.c1ccc(P(c2ccccc2)c2ccccc2)cc1.c1ccc(Pc2ccccc2)cc1. The van der Waals surface area contributed by atoms with Crippen molar-refractivity contribution in [1.82, 2.24) is 0 Å². The van der Waals surface area contributed by atoms with Crippen LogP contribution < -0.4 is 47.7 Å². The third-order valence-corrected chi connectivity index (χ3v) is 25.7. The van der Waals surface area contributed by atoms with E-state index in [-0.39, 0.29) is 0 Å². The summed E-state index contributed by atoms with van der Waals surface area (Å²) in [7, 11) is -0.192. The van der Waals surface area contributed by atoms with Crippen molar-refractivity contribution in [3.63, 3.8) is 0 Å². The molecule has 0 aliphatic rings. The van der Waals surface area contributed by atoms with Crippen molar-refractivity contribution in [3.8, 4) is 0 Å². The highest BCUT2D eigenvalue weighted by atomic mass is 31.2. The molecule has 9 rings (SSSR count). The van der Waals surface area contributed by atoms with Gasteiger partial charge in [-0.3, -0.25) is 0 Å². The molecule has 0 aromatic heterocycles. The molecular formula is C69H79P5. The van der Waals surface area contributed by atoms with Gasteiger partial charge in [0.05, 0.1) is 0 Å². The first kappa shape index (κ1) is 58.4. The summed E-state index contributed by atoms with van der Waals surface area (Å²) in [4.78, 5) is 0. The molecule has 9 aromatic rings. The number of hydrogen-bond donors (Lipinski definition) is 0. The lowest BCUT2D eigenvalue weighted by atomic mass is 10.4. The average molecular weight is 1060 g/mol. The van der Waals surface area contributed by atoms with E-state index in [1.54, 1.807) is 18.5 Å². The summed E-state index contributed by atoms with van der Waals surface area (Å²) in [5.74, 6) is 0. The van der Waals surface area contributed by atoms with Gasteiger partial charge in [0.15, 0.2) is 0 Å². The summed E-state index contributed by atoms with van der Waals surface area (Å²) in [6.07, 6.45) is 14.4. The Hall–Kier alpha value is -4.87. The predicted octanol–water partition coefficient (Wildman–Crippen LogP) is 16.6. The number of benzene rings is 9. The van der Waals surface area contributed by atoms with Gasteiger partial charge in [0.1, 0.15) is 0 Å². The molecule has 380 valence electrons. The standard InChI is InChI=1S/C27H26P2.C18H15P.C12H11P.C12H27P/c1-2-27(28(23-15-7-3-8-16-23)24-17-9-4-10-18-24)29(25-19-11-5-12-20-25)26-21-13-6-14-22-26;1-4-10-16(11-5-1)19(17-12-6-2-7-13-17)18-14-8-3-9-15-18;1-3-7-11(8-4-1)13-12-9-5-2-6-10-12;1-4-7-10-13(11-8-5-2)12-9-6-3/h3-22,27H,2H2,1H3;1-15H;1-10,13H;4-12H2,1-3H3. The molecule has 0 radical (unpaired) electrons. The van der Waals surface area contributed by atoms with Gasteiger partial charge in [-0.2, -0.15) is 0 Å². The van der Waals surface area contributed by atoms with E-state index in [1.165, 1.54) is 86.3 Å². The van der Waals surface area contributed by atoms with E-state index in [0.717, 1.165) is 15.0 Å². The first-order valence-corrected chi connectivity index (χ1v) is 34.0. The fourth-order valence-electron chi connectivity index (χ4n) is 8.69. The topological polar surface area (TPSA) is 0 Å². The van der Waals surface area contributed by atoms with Crippen molar-refractivity contribution in [3.05, 3.63) is 273 Å². The molecule has 0 unspecified atom stereocenters. The Labute approximate surface area is 454 Å². The molecule has 0 aliphatic heterocycles. The fraction of sp³-hybridized carbons (Fsp3) is 0.217. The van der Waals surface area contributed by atoms with E-state index in [2.05, 4.69) is 301 Å². The van der Waals surface area contributed by atoms with Gasteiger partial charge in [0.25, 0.3) is 0 Å². The normalized spacial score (nSPS) is 10.8. The van der Waals surface area contributed by atoms with Crippen molar-refractivity contribution in [2.75, 3.05) is 18.5 Å². The zero-order chi connectivity index (χ0) is 51.7. The molecule has 0 saturated heterocycles. The summed E-state index contributed by atoms with van der Waals surface area (Å²) in [6, 6.07) is 98.1. The fourth-order valence-corrected chi connectivity index (χ4v) is 22.2. The molecule has 0 bridgehead atoms. The highest BCUT2D eigenvalue weighted by molar-refractivity contribution is 7.89. The summed E-state index contributed by atoms with van der Waals surface area (Å²) in [5.41, 5.74) is 0. The number of hydrogen-bond acceptors (Lipinski definition) is 0. The molecule has 9 aromatic carbocycles. The Morgan fingerprint density at radius 1 is 0.284 bits per heavy atom. The molecule has 0 amide bonds. The van der Waals surface area contributed by atoms with Crippen LogP contribution in [-0.2, 0) is 0 Å². The highest BCUT2D eigenvalue weighted by Gasteiger charge is 2.32. The van der Waals surface area contributed by atoms with E-state index < -0.39 is 23.8 Å². The predicted molar refractivity (Wildman–Crippen MR) is 344 cm³/mol. The molecule has 0 atom stereocenters. The van der Waals surface area contributed by atoms with Gasteiger partial charge in [-0.1, -0.05) is 329 Å². The maximum Gasteiger partial charge on any atom is 0.0152 e. The van der Waals surface area contributed by atoms with E-state index in [4.69, 9.17) is 0 Å². The van der Waals surface area contributed by atoms with Gasteiger partial charge in [-0.05, 0) is 116 Å². The van der Waals surface area contributed by atoms with Crippen LogP contribution >= 0.6 is 40.3 Å². The number of unbranched alkanes of at least 4 members (excludes halogenated alkanes) is 3. The maximum absolute atomic E-state index is 2.37. The summed E-state index contributed by atoms with van der Waals surface area (Å²) in [6.45, 7) is 9.31. The van der Waals surface area contributed by atoms with E-state index in [9.17, 15) is 0 Å². The Morgan fingerprint density at radius 2 is 0.500 bits per heavy atom. The van der Waals surface area contributed by atoms with Gasteiger partial charge in [-0.15, -0.1) is 7.92 Å². The van der Waals surface area contributed by atoms with Crippen LogP contribution in [0.1, 0.15) is 72.6 Å². The van der Waals surface area contributed by atoms with Crippen molar-refractivity contribution in [2.45, 2.75) is 78.0 Å². The zero-order valence-electron chi connectivity index (χ0n) is 44.4. The van der Waals surface area contributed by atoms with E-state index in [0.29, 0.717) is 13.3 Å². The Kier molecular flexibility index (Phi) is 27.9. The van der Waals surface area contributed by atoms with Crippen LogP contribution in [0.25, 0.3) is 0 Å². The van der Waals surface area contributed by atoms with Gasteiger partial charge in [-0.25, -0.2) is 0 Å². The Bertz CT molecular complexity index is 2420. The van der Waals surface area contributed by atoms with Crippen LogP contribution in [0.3, 0.4) is 0 Å². The minimum atomic E-state index is -0.472. The third-order valence-electron chi connectivity index (χ3n) is 12.5. The minimum absolute atomic E-state index is 0.422. The van der Waals surface area contributed by atoms with Crippen molar-refractivity contribution >= 4 is 88.0 Å². The Morgan fingerprint density at radius 3 is 0.716 bits per heavy atom. The van der Waals surface area contributed by atoms with Gasteiger partial charge < -0.3 is 0 Å². The summed E-state index contributed by atoms with van der Waals surface area (Å²) >= 11 is 0. The second-order valence-corrected chi connectivity index (χ2v) is 29.6. The van der Waals surface area contributed by atoms with Crippen molar-refractivity contribution in [2.24, 2.45) is 0 Å². The molecule has 0 spiro atoms. The molecule has 0 saturated carbocycles. The first-order chi connectivity index (χ1) is 36.6. The average Bonchev–Trinajstić information content (AvgIpc) is 3.48. The van der Waals surface area contributed by atoms with Crippen molar-refractivity contribution in [1.29, 1.82) is 0 Å². The molecular weight excluding hydrogens is 984 g/mol. The Balaban J connectivity index is 0.000000171. The highest BCUT2D eigenvalue weighted by Crippen LogP contribution is 2.57. The number of rotatable bonds is 21. The van der Waals surface area contributed by atoms with Gasteiger partial charge in [0.2, 0.25) is 0 Å². The van der Waals surface area contributed by atoms with Gasteiger partial charge in [0, 0.05) is 5.40 Å². The summed E-state index contributed by atoms with van der Waals surface area (Å²) in [5, 5.41) is 13.5. The van der Waals surface area contributed by atoms with Crippen LogP contribution in [0.2, 0.25) is 0 Å². The zero-order valence-corrected chi connectivity index (χ0v) is 49.0. The molecule has 74 heavy (non-hydrogen) atoms. The molecule has 0 heterocycles. The molecule has 0 nitrogen and oxygen atoms in total. The van der Waals surface area contributed by atoms with Crippen LogP contribution in [0.15, 0.2) is 273 Å². The summed E-state index contributed by atoms with van der Waals surface area (Å²) < 4.78 is 0. The van der Waals surface area contributed by atoms with E-state index >= 15 is 0 Å². The smallest absolute Gasteiger partial charge is 0.0152 e. The van der Waals surface area contributed by atoms with Crippen LogP contribution in [-0.4, -0.2) is 23.9 Å². The molecule has 0 aliphatic carbocycles. The van der Waals surface area contributed by atoms with Gasteiger partial charge >= 0.3 is 0 Å². The monoisotopic (exact) mass is 1060 g/mol. The minimum Gasteiger partial charge on any atom is -0.107 e.